The van der Waals surface area contributed by atoms with Crippen molar-refractivity contribution in [2.75, 3.05) is 0 Å². The lowest BCUT2D eigenvalue weighted by atomic mass is 9.59. The highest BCUT2D eigenvalue weighted by atomic mass is 14.9. The van der Waals surface area contributed by atoms with Crippen molar-refractivity contribution in [2.24, 2.45) is 28.6 Å². The van der Waals surface area contributed by atoms with Crippen molar-refractivity contribution in [3.05, 3.63) is 0 Å². The Morgan fingerprint density at radius 2 is 1.77 bits per heavy atom. The van der Waals surface area contributed by atoms with Crippen LogP contribution in [-0.2, 0) is 0 Å². The van der Waals surface area contributed by atoms with E-state index in [1.165, 1.54) is 19.3 Å². The Bertz CT molecular complexity index is 216. The summed E-state index contributed by atoms with van der Waals surface area (Å²) in [4.78, 5) is 0. The Hall–Kier alpha value is 0. The van der Waals surface area contributed by atoms with E-state index in [9.17, 15) is 0 Å². The van der Waals surface area contributed by atoms with Gasteiger partial charge in [0.25, 0.3) is 0 Å². The standard InChI is InChI=1S/C13H24/c1-6-11(7-2)13-9(3)8-12(13,5)10(13)4/h9-11H,6-8H2,1-5H3. The lowest BCUT2D eigenvalue weighted by Crippen LogP contribution is -2.38. The maximum atomic E-state index is 2.52. The molecule has 0 aromatic carbocycles. The van der Waals surface area contributed by atoms with Crippen LogP contribution in [0.2, 0.25) is 0 Å². The third-order valence-electron chi connectivity index (χ3n) is 5.78. The Morgan fingerprint density at radius 3 is 1.92 bits per heavy atom. The Kier molecular flexibility index (Phi) is 1.85. The molecule has 0 nitrogen and oxygen atoms in total. The summed E-state index contributed by atoms with van der Waals surface area (Å²) in [6.45, 7) is 12.2. The molecule has 0 bridgehead atoms. The van der Waals surface area contributed by atoms with Gasteiger partial charge in [-0.25, -0.2) is 0 Å². The minimum atomic E-state index is 0.739. The molecule has 2 saturated carbocycles. The van der Waals surface area contributed by atoms with Crippen molar-refractivity contribution in [1.82, 2.24) is 0 Å². The van der Waals surface area contributed by atoms with E-state index in [1.54, 1.807) is 0 Å². The minimum absolute atomic E-state index is 0.739. The highest BCUT2D eigenvalue weighted by Gasteiger charge is 2.81. The molecule has 2 fully saturated rings. The van der Waals surface area contributed by atoms with E-state index in [1.807, 2.05) is 0 Å². The van der Waals surface area contributed by atoms with Crippen LogP contribution in [0, 0.1) is 28.6 Å². The highest BCUT2D eigenvalue weighted by Crippen LogP contribution is 2.87. The molecule has 0 aliphatic heterocycles. The monoisotopic (exact) mass is 180 g/mol. The second kappa shape index (κ2) is 2.52. The van der Waals surface area contributed by atoms with Crippen LogP contribution >= 0.6 is 0 Å². The van der Waals surface area contributed by atoms with Crippen LogP contribution in [0.1, 0.15) is 53.9 Å². The van der Waals surface area contributed by atoms with Crippen LogP contribution in [0.15, 0.2) is 0 Å². The smallest absolute Gasteiger partial charge is 0.0156 e. The van der Waals surface area contributed by atoms with Crippen LogP contribution in [0.5, 0.6) is 0 Å². The van der Waals surface area contributed by atoms with E-state index >= 15 is 0 Å². The topological polar surface area (TPSA) is 0 Å². The van der Waals surface area contributed by atoms with Gasteiger partial charge in [0.15, 0.2) is 0 Å². The first kappa shape index (κ1) is 9.55. The molecule has 0 aromatic heterocycles. The molecule has 2 rings (SSSR count). The zero-order valence-electron chi connectivity index (χ0n) is 9.85. The fourth-order valence-corrected chi connectivity index (χ4v) is 5.19. The second-order valence-corrected chi connectivity index (χ2v) is 5.69. The molecule has 0 heterocycles. The molecule has 13 heavy (non-hydrogen) atoms. The molecule has 2 aliphatic rings. The first-order chi connectivity index (χ1) is 6.05. The van der Waals surface area contributed by atoms with Crippen molar-refractivity contribution in [1.29, 1.82) is 0 Å². The first-order valence-electron chi connectivity index (χ1n) is 6.05. The summed E-state index contributed by atoms with van der Waals surface area (Å²) in [5, 5.41) is 0. The van der Waals surface area contributed by atoms with Gasteiger partial charge in [0.2, 0.25) is 0 Å². The second-order valence-electron chi connectivity index (χ2n) is 5.69. The molecule has 0 spiro atoms. The molecule has 4 atom stereocenters. The summed E-state index contributed by atoms with van der Waals surface area (Å²) >= 11 is 0. The molecule has 0 amide bonds. The number of hydrogen-bond donors (Lipinski definition) is 0. The van der Waals surface area contributed by atoms with Crippen LogP contribution < -0.4 is 0 Å². The van der Waals surface area contributed by atoms with E-state index in [4.69, 9.17) is 0 Å². The molecular formula is C13H24. The third kappa shape index (κ3) is 0.750. The number of rotatable bonds is 3. The fraction of sp³-hybridized carbons (Fsp3) is 1.00. The van der Waals surface area contributed by atoms with Crippen molar-refractivity contribution in [3.8, 4) is 0 Å². The van der Waals surface area contributed by atoms with Gasteiger partial charge in [-0.3, -0.25) is 0 Å². The van der Waals surface area contributed by atoms with E-state index in [0.29, 0.717) is 0 Å². The summed E-state index contributed by atoms with van der Waals surface area (Å²) in [7, 11) is 0. The predicted octanol–water partition coefficient (Wildman–Crippen LogP) is 4.10. The van der Waals surface area contributed by atoms with Crippen molar-refractivity contribution in [2.45, 2.75) is 53.9 Å². The maximum Gasteiger partial charge on any atom is -0.0156 e. The molecule has 2 aliphatic carbocycles. The van der Waals surface area contributed by atoms with Gasteiger partial charge in [-0.1, -0.05) is 47.5 Å². The van der Waals surface area contributed by atoms with Gasteiger partial charge >= 0.3 is 0 Å². The van der Waals surface area contributed by atoms with E-state index in [0.717, 1.165) is 28.6 Å². The van der Waals surface area contributed by atoms with E-state index in [-0.39, 0.29) is 0 Å². The van der Waals surface area contributed by atoms with Crippen molar-refractivity contribution < 1.29 is 0 Å². The summed E-state index contributed by atoms with van der Waals surface area (Å²) in [5.74, 6) is 2.99. The zero-order chi connectivity index (χ0) is 9.85. The van der Waals surface area contributed by atoms with Crippen LogP contribution in [0.3, 0.4) is 0 Å². The van der Waals surface area contributed by atoms with Crippen LogP contribution in [0.4, 0.5) is 0 Å². The summed E-state index contributed by atoms with van der Waals surface area (Å²) in [6.07, 6.45) is 4.27. The van der Waals surface area contributed by atoms with Crippen molar-refractivity contribution in [3.63, 3.8) is 0 Å². The summed E-state index contributed by atoms with van der Waals surface area (Å²) < 4.78 is 0. The van der Waals surface area contributed by atoms with Gasteiger partial charge in [0.05, 0.1) is 0 Å². The van der Waals surface area contributed by atoms with Crippen molar-refractivity contribution >= 4 is 0 Å². The average molecular weight is 180 g/mol. The molecule has 0 N–H and O–H groups in total. The molecular weight excluding hydrogens is 156 g/mol. The lowest BCUT2D eigenvalue weighted by Gasteiger charge is -2.45. The SMILES string of the molecule is CCC(CC)C12C(C)CC1(C)C2C. The number of fused-ring (bicyclic) bond motifs is 1. The Morgan fingerprint density at radius 1 is 1.23 bits per heavy atom. The summed E-state index contributed by atoms with van der Waals surface area (Å²) in [6, 6.07) is 0. The molecule has 0 aromatic rings. The zero-order valence-corrected chi connectivity index (χ0v) is 9.85. The van der Waals surface area contributed by atoms with Crippen LogP contribution in [0.25, 0.3) is 0 Å². The highest BCUT2D eigenvalue weighted by molar-refractivity contribution is 5.29. The van der Waals surface area contributed by atoms with Gasteiger partial charge in [0, 0.05) is 0 Å². The quantitative estimate of drug-likeness (QED) is 0.613. The third-order valence-corrected chi connectivity index (χ3v) is 5.78. The Labute approximate surface area is 83.1 Å². The summed E-state index contributed by atoms with van der Waals surface area (Å²) in [5.41, 5.74) is 1.50. The number of hydrogen-bond acceptors (Lipinski definition) is 0. The normalized spacial score (nSPS) is 53.1. The first-order valence-corrected chi connectivity index (χ1v) is 6.05. The van der Waals surface area contributed by atoms with Gasteiger partial charge in [-0.2, -0.15) is 0 Å². The molecule has 0 heteroatoms. The van der Waals surface area contributed by atoms with Crippen LogP contribution in [-0.4, -0.2) is 0 Å². The van der Waals surface area contributed by atoms with Gasteiger partial charge in [-0.15, -0.1) is 0 Å². The minimum Gasteiger partial charge on any atom is -0.0651 e. The largest absolute Gasteiger partial charge is 0.0651 e. The van der Waals surface area contributed by atoms with E-state index < -0.39 is 0 Å². The molecule has 0 radical (unpaired) electrons. The Balaban J connectivity index is 2.22. The average Bonchev–Trinajstić information content (AvgIpc) is 2.48. The maximum absolute atomic E-state index is 2.52. The fourth-order valence-electron chi connectivity index (χ4n) is 5.19. The molecule has 0 saturated heterocycles. The predicted molar refractivity (Wildman–Crippen MR) is 57.6 cm³/mol. The molecule has 4 unspecified atom stereocenters. The van der Waals surface area contributed by atoms with E-state index in [2.05, 4.69) is 34.6 Å². The van der Waals surface area contributed by atoms with Gasteiger partial charge in [0.1, 0.15) is 0 Å². The van der Waals surface area contributed by atoms with Gasteiger partial charge in [-0.05, 0) is 35.0 Å². The lowest BCUT2D eigenvalue weighted by molar-refractivity contribution is 0.0333. The van der Waals surface area contributed by atoms with Gasteiger partial charge < -0.3 is 0 Å². The molecule has 76 valence electrons.